The van der Waals surface area contributed by atoms with Crippen molar-refractivity contribution in [1.29, 1.82) is 5.26 Å². The van der Waals surface area contributed by atoms with Crippen molar-refractivity contribution in [1.82, 2.24) is 9.47 Å². The highest BCUT2D eigenvalue weighted by Gasteiger charge is 2.34. The minimum absolute atomic E-state index is 0.124. The lowest BCUT2D eigenvalue weighted by molar-refractivity contribution is -0.122. The average molecular weight is 671 g/mol. The lowest BCUT2D eigenvalue weighted by atomic mass is 9.90. The Morgan fingerprint density at radius 1 is 1.02 bits per heavy atom. The Morgan fingerprint density at radius 2 is 1.74 bits per heavy atom. The molecule has 8 nitrogen and oxygen atoms in total. The van der Waals surface area contributed by atoms with E-state index in [1.165, 1.54) is 17.3 Å². The third kappa shape index (κ3) is 7.58. The molecule has 0 bridgehead atoms. The van der Waals surface area contributed by atoms with Gasteiger partial charge in [-0.05, 0) is 79.8 Å². The monoisotopic (exact) mass is 670 g/mol. The lowest BCUT2D eigenvalue weighted by Gasteiger charge is -2.36. The second-order valence-electron chi connectivity index (χ2n) is 12.1. The van der Waals surface area contributed by atoms with Crippen LogP contribution < -0.4 is 19.9 Å². The van der Waals surface area contributed by atoms with Gasteiger partial charge in [-0.25, -0.2) is 0 Å². The summed E-state index contributed by atoms with van der Waals surface area (Å²) in [5.41, 5.74) is 3.55. The van der Waals surface area contributed by atoms with Crippen LogP contribution in [0.5, 0.6) is 11.5 Å². The number of anilines is 1. The molecule has 2 aromatic carbocycles. The maximum atomic E-state index is 13.8. The van der Waals surface area contributed by atoms with E-state index in [1.54, 1.807) is 23.7 Å². The Kier molecular flexibility index (Phi) is 11.4. The van der Waals surface area contributed by atoms with Gasteiger partial charge >= 0.3 is 0 Å². The fourth-order valence-corrected chi connectivity index (χ4v) is 7.70. The summed E-state index contributed by atoms with van der Waals surface area (Å²) in [5.74, 6) is 2.46. The molecule has 0 radical (unpaired) electrons. The van der Waals surface area contributed by atoms with Gasteiger partial charge in [0.1, 0.15) is 21.8 Å². The molecule has 1 amide bonds. The van der Waals surface area contributed by atoms with Gasteiger partial charge in [-0.2, -0.15) is 5.26 Å². The van der Waals surface area contributed by atoms with Gasteiger partial charge in [-0.3, -0.25) is 19.1 Å². The van der Waals surface area contributed by atoms with Crippen molar-refractivity contribution in [3.05, 3.63) is 91.6 Å². The number of aromatic nitrogens is 1. The fourth-order valence-electron chi connectivity index (χ4n) is 6.41. The number of rotatable bonds is 12. The minimum Gasteiger partial charge on any atom is -0.493 e. The summed E-state index contributed by atoms with van der Waals surface area (Å²) in [7, 11) is 3.20. The van der Waals surface area contributed by atoms with Crippen LogP contribution in [-0.2, 0) is 24.2 Å². The summed E-state index contributed by atoms with van der Waals surface area (Å²) in [6.07, 6.45) is 7.18. The van der Waals surface area contributed by atoms with Gasteiger partial charge in [-0.1, -0.05) is 73.7 Å². The predicted octanol–water partition coefficient (Wildman–Crippen LogP) is 6.75. The normalized spacial score (nSPS) is 16.2. The van der Waals surface area contributed by atoms with Crippen LogP contribution in [0.1, 0.15) is 60.4 Å². The summed E-state index contributed by atoms with van der Waals surface area (Å²) in [5, 5.41) is 10.1. The van der Waals surface area contributed by atoms with E-state index in [1.807, 2.05) is 37.3 Å². The topological polar surface area (TPSA) is 87.8 Å². The molecule has 3 heterocycles. The van der Waals surface area contributed by atoms with Crippen LogP contribution in [-0.4, -0.2) is 53.5 Å². The summed E-state index contributed by atoms with van der Waals surface area (Å²) >= 11 is 6.96. The molecule has 1 aromatic heterocycles. The Morgan fingerprint density at radius 3 is 2.40 bits per heavy atom. The van der Waals surface area contributed by atoms with E-state index in [0.717, 1.165) is 62.1 Å². The molecule has 2 fully saturated rings. The number of methoxy groups -OCH3 is 2. The van der Waals surface area contributed by atoms with Crippen molar-refractivity contribution in [3.63, 3.8) is 0 Å². The molecule has 0 aliphatic carbocycles. The number of thioether (sulfide) groups is 1. The highest BCUT2D eigenvalue weighted by molar-refractivity contribution is 8.26. The number of nitrogens with zero attached hydrogens (tertiary/aromatic N) is 4. The zero-order valence-corrected chi connectivity index (χ0v) is 29.2. The van der Waals surface area contributed by atoms with Crippen molar-refractivity contribution in [2.75, 3.05) is 38.8 Å². The van der Waals surface area contributed by atoms with Gasteiger partial charge in [0.25, 0.3) is 11.5 Å². The maximum absolute atomic E-state index is 13.8. The molecule has 47 heavy (non-hydrogen) atoms. The van der Waals surface area contributed by atoms with Crippen molar-refractivity contribution in [2.45, 2.75) is 58.9 Å². The summed E-state index contributed by atoms with van der Waals surface area (Å²) < 4.78 is 13.1. The number of hydrogen-bond acceptors (Lipinski definition) is 8. The first kappa shape index (κ1) is 34.3. The van der Waals surface area contributed by atoms with E-state index >= 15 is 0 Å². The molecule has 2 aliphatic rings. The summed E-state index contributed by atoms with van der Waals surface area (Å²) in [4.78, 5) is 32.0. The Balaban J connectivity index is 1.45. The number of pyridine rings is 1. The van der Waals surface area contributed by atoms with Crippen LogP contribution in [0.15, 0.2) is 58.2 Å². The molecule has 2 aliphatic heterocycles. The van der Waals surface area contributed by atoms with Crippen LogP contribution in [0, 0.1) is 24.2 Å². The van der Waals surface area contributed by atoms with Crippen LogP contribution in [0.3, 0.4) is 0 Å². The summed E-state index contributed by atoms with van der Waals surface area (Å²) in [6.45, 7) is 6.42. The number of ether oxygens (including phenoxy) is 2. The average Bonchev–Trinajstić information content (AvgIpc) is 3.36. The number of carbonyl (C=O) groups is 1. The number of amides is 1. The third-order valence-electron chi connectivity index (χ3n) is 9.08. The highest BCUT2D eigenvalue weighted by Crippen LogP contribution is 2.37. The van der Waals surface area contributed by atoms with Gasteiger partial charge < -0.3 is 14.4 Å². The van der Waals surface area contributed by atoms with Crippen LogP contribution in [0.2, 0.25) is 0 Å². The van der Waals surface area contributed by atoms with E-state index in [2.05, 4.69) is 42.2 Å². The number of benzene rings is 2. The molecule has 2 saturated heterocycles. The van der Waals surface area contributed by atoms with Crippen molar-refractivity contribution in [2.24, 2.45) is 5.92 Å². The Hall–Kier alpha value is -4.07. The third-order valence-corrected chi connectivity index (χ3v) is 10.5. The van der Waals surface area contributed by atoms with Crippen LogP contribution in [0.4, 0.5) is 5.82 Å². The van der Waals surface area contributed by atoms with Crippen molar-refractivity contribution in [3.8, 4) is 17.6 Å². The number of unbranched alkanes of at least 4 members (excludes halogenated alkanes) is 1. The van der Waals surface area contributed by atoms with E-state index in [4.69, 9.17) is 21.7 Å². The molecule has 3 aromatic rings. The molecule has 0 saturated carbocycles. The van der Waals surface area contributed by atoms with Gasteiger partial charge in [0, 0.05) is 31.7 Å². The SMILES string of the molecule is CCCCn1c(N2CCC(Cc3ccccc3)CC2)c(/C=C2/SC(=S)N(CCc3ccc(OC)c(OC)c3)C2=O)c(C)c(C#N)c1=O. The highest BCUT2D eigenvalue weighted by atomic mass is 32.2. The fraction of sp³-hybridized carbons (Fsp3) is 0.405. The number of nitriles is 1. The standard InChI is InChI=1S/C37H42N4O4S2/c1-5-6-17-40-34(39-18-14-28(15-19-39)21-26-10-8-7-9-11-26)29(25(2)30(24-38)35(40)42)23-33-36(43)41(37(46)47-33)20-16-27-12-13-31(44-3)32(22-27)45-4/h7-13,22-23,28H,5-6,14-21H2,1-4H3/b33-23+. The molecule has 0 unspecified atom stereocenters. The molecule has 0 spiro atoms. The molecular weight excluding hydrogens is 629 g/mol. The Bertz CT molecular complexity index is 1750. The molecule has 0 atom stereocenters. The molecule has 246 valence electrons. The zero-order chi connectivity index (χ0) is 33.5. The lowest BCUT2D eigenvalue weighted by Crippen LogP contribution is -2.40. The quantitative estimate of drug-likeness (QED) is 0.155. The zero-order valence-electron chi connectivity index (χ0n) is 27.6. The van der Waals surface area contributed by atoms with Gasteiger partial charge in [0.15, 0.2) is 11.5 Å². The summed E-state index contributed by atoms with van der Waals surface area (Å²) in [6, 6.07) is 18.5. The van der Waals surface area contributed by atoms with Crippen molar-refractivity contribution < 1.29 is 14.3 Å². The second-order valence-corrected chi connectivity index (χ2v) is 13.7. The number of thiocarbonyl (C=S) groups is 1. The van der Waals surface area contributed by atoms with E-state index in [0.29, 0.717) is 51.7 Å². The predicted molar refractivity (Wildman–Crippen MR) is 193 cm³/mol. The van der Waals surface area contributed by atoms with Crippen molar-refractivity contribution >= 4 is 46.1 Å². The number of carbonyl (C=O) groups excluding carboxylic acids is 1. The van der Waals surface area contributed by atoms with Crippen LogP contribution in [0.25, 0.3) is 6.08 Å². The van der Waals surface area contributed by atoms with Crippen LogP contribution >= 0.6 is 24.0 Å². The molecule has 10 heteroatoms. The Labute approximate surface area is 287 Å². The first-order valence-corrected chi connectivity index (χ1v) is 17.4. The minimum atomic E-state index is -0.264. The van der Waals surface area contributed by atoms with Gasteiger partial charge in [-0.15, -0.1) is 0 Å². The van der Waals surface area contributed by atoms with Gasteiger partial charge in [0.05, 0.1) is 19.1 Å². The van der Waals surface area contributed by atoms with E-state index < -0.39 is 0 Å². The van der Waals surface area contributed by atoms with Gasteiger partial charge in [0.2, 0.25) is 0 Å². The molecule has 0 N–H and O–H groups in total. The van der Waals surface area contributed by atoms with E-state index in [9.17, 15) is 14.9 Å². The number of hydrogen-bond donors (Lipinski definition) is 0. The van der Waals surface area contributed by atoms with E-state index in [-0.39, 0.29) is 17.0 Å². The molecular formula is C37H42N4O4S2. The molecule has 5 rings (SSSR count). The largest absolute Gasteiger partial charge is 0.493 e. The smallest absolute Gasteiger partial charge is 0.270 e. The first-order chi connectivity index (χ1) is 22.8. The first-order valence-electron chi connectivity index (χ1n) is 16.2. The number of piperidine rings is 1. The second kappa shape index (κ2) is 15.7. The maximum Gasteiger partial charge on any atom is 0.270 e.